The highest BCUT2D eigenvalue weighted by molar-refractivity contribution is 7.89. The van der Waals surface area contributed by atoms with E-state index in [1.165, 1.54) is 11.6 Å². The lowest BCUT2D eigenvalue weighted by Crippen LogP contribution is -2.30. The number of nitrogens with zero attached hydrogens (tertiary/aromatic N) is 1. The first-order chi connectivity index (χ1) is 14.9. The monoisotopic (exact) mass is 441 g/mol. The summed E-state index contributed by atoms with van der Waals surface area (Å²) in [4.78, 5) is 26.4. The molecular weight excluding hydrogens is 414 g/mol. The number of sulfonamides is 1. The Morgan fingerprint density at radius 1 is 1.10 bits per heavy atom. The molecule has 2 aliphatic rings. The van der Waals surface area contributed by atoms with Crippen LogP contribution in [-0.4, -0.2) is 33.3 Å². The molecule has 31 heavy (non-hydrogen) atoms. The van der Waals surface area contributed by atoms with Gasteiger partial charge in [-0.25, -0.2) is 13.1 Å². The molecule has 0 radical (unpaired) electrons. The van der Waals surface area contributed by atoms with E-state index in [-0.39, 0.29) is 35.6 Å². The van der Waals surface area contributed by atoms with Crippen LogP contribution in [0.1, 0.15) is 37.3 Å². The summed E-state index contributed by atoms with van der Waals surface area (Å²) in [5, 5.41) is 2.77. The molecule has 1 heterocycles. The first kappa shape index (κ1) is 21.5. The Balaban J connectivity index is 1.32. The number of carbonyl (C=O) groups is 2. The molecule has 0 atom stereocenters. The molecule has 2 amide bonds. The number of carbonyl (C=O) groups excluding carboxylic acids is 2. The van der Waals surface area contributed by atoms with E-state index < -0.39 is 10.0 Å². The summed E-state index contributed by atoms with van der Waals surface area (Å²) in [6.07, 6.45) is 3.49. The first-order valence-corrected chi connectivity index (χ1v) is 12.2. The Morgan fingerprint density at radius 2 is 1.84 bits per heavy atom. The smallest absolute Gasteiger partial charge is 0.240 e. The van der Waals surface area contributed by atoms with Crippen LogP contribution in [-0.2, 0) is 32.5 Å². The van der Waals surface area contributed by atoms with Gasteiger partial charge in [-0.1, -0.05) is 19.1 Å². The number of aryl methyl sites for hydroxylation is 1. The molecule has 2 aromatic rings. The van der Waals surface area contributed by atoms with E-state index in [2.05, 4.69) is 17.0 Å². The van der Waals surface area contributed by atoms with Crippen molar-refractivity contribution in [1.29, 1.82) is 0 Å². The lowest BCUT2D eigenvalue weighted by molar-refractivity contribution is -0.119. The molecule has 7 nitrogen and oxygen atoms in total. The predicted octanol–water partition coefficient (Wildman–Crippen LogP) is 2.86. The SMILES string of the molecule is CCc1ccc(NC(=O)CCNS(=O)(=O)c2ccc3c(c2)CCN3C(=O)C2CC2)cc1. The molecule has 1 saturated carbocycles. The third-order valence-corrected chi connectivity index (χ3v) is 7.20. The van der Waals surface area contributed by atoms with Crippen LogP contribution in [0.5, 0.6) is 0 Å². The Morgan fingerprint density at radius 3 is 2.52 bits per heavy atom. The van der Waals surface area contributed by atoms with E-state index in [4.69, 9.17) is 0 Å². The Kier molecular flexibility index (Phi) is 6.11. The van der Waals surface area contributed by atoms with Gasteiger partial charge in [0.2, 0.25) is 21.8 Å². The van der Waals surface area contributed by atoms with Crippen LogP contribution in [0.25, 0.3) is 0 Å². The zero-order chi connectivity index (χ0) is 22.0. The molecule has 0 bridgehead atoms. The van der Waals surface area contributed by atoms with Crippen molar-refractivity contribution in [3.8, 4) is 0 Å². The topological polar surface area (TPSA) is 95.6 Å². The normalized spacial score (nSPS) is 15.6. The summed E-state index contributed by atoms with van der Waals surface area (Å²) in [7, 11) is -3.73. The molecule has 1 aliphatic carbocycles. The van der Waals surface area contributed by atoms with Crippen molar-refractivity contribution in [3.05, 3.63) is 53.6 Å². The molecule has 2 N–H and O–H groups in total. The van der Waals surface area contributed by atoms with Crippen molar-refractivity contribution in [2.75, 3.05) is 23.3 Å². The molecule has 0 unspecified atom stereocenters. The van der Waals surface area contributed by atoms with Gasteiger partial charge in [-0.3, -0.25) is 9.59 Å². The van der Waals surface area contributed by atoms with Crippen molar-refractivity contribution in [2.24, 2.45) is 5.92 Å². The molecule has 0 saturated heterocycles. The van der Waals surface area contributed by atoms with Crippen molar-refractivity contribution >= 4 is 33.2 Å². The van der Waals surface area contributed by atoms with E-state index in [1.54, 1.807) is 17.0 Å². The van der Waals surface area contributed by atoms with Gasteiger partial charge >= 0.3 is 0 Å². The van der Waals surface area contributed by atoms with Crippen LogP contribution in [0.4, 0.5) is 11.4 Å². The number of fused-ring (bicyclic) bond motifs is 1. The highest BCUT2D eigenvalue weighted by Crippen LogP contribution is 2.37. The van der Waals surface area contributed by atoms with E-state index in [0.717, 1.165) is 30.5 Å². The van der Waals surface area contributed by atoms with E-state index in [1.807, 2.05) is 24.3 Å². The second-order valence-corrected chi connectivity index (χ2v) is 9.82. The number of nitrogens with one attached hydrogen (secondary N) is 2. The van der Waals surface area contributed by atoms with Gasteiger partial charge < -0.3 is 10.2 Å². The molecule has 0 aromatic heterocycles. The molecule has 0 spiro atoms. The molecule has 8 heteroatoms. The summed E-state index contributed by atoms with van der Waals surface area (Å²) in [6.45, 7) is 2.66. The zero-order valence-electron chi connectivity index (χ0n) is 17.6. The quantitative estimate of drug-likeness (QED) is 0.658. The van der Waals surface area contributed by atoms with Gasteiger partial charge in [0.1, 0.15) is 0 Å². The van der Waals surface area contributed by atoms with Gasteiger partial charge in [-0.15, -0.1) is 0 Å². The zero-order valence-corrected chi connectivity index (χ0v) is 18.4. The highest BCUT2D eigenvalue weighted by Gasteiger charge is 2.36. The summed E-state index contributed by atoms with van der Waals surface area (Å²) >= 11 is 0. The van der Waals surface area contributed by atoms with E-state index >= 15 is 0 Å². The van der Waals surface area contributed by atoms with Crippen LogP contribution in [0.2, 0.25) is 0 Å². The first-order valence-electron chi connectivity index (χ1n) is 10.7. The largest absolute Gasteiger partial charge is 0.326 e. The van der Waals surface area contributed by atoms with Crippen LogP contribution < -0.4 is 14.9 Å². The fourth-order valence-electron chi connectivity index (χ4n) is 3.75. The minimum atomic E-state index is -3.73. The minimum absolute atomic E-state index is 0.00455. The summed E-state index contributed by atoms with van der Waals surface area (Å²) in [5.41, 5.74) is 3.54. The van der Waals surface area contributed by atoms with Crippen molar-refractivity contribution < 1.29 is 18.0 Å². The molecule has 1 aliphatic heterocycles. The predicted molar refractivity (Wildman–Crippen MR) is 119 cm³/mol. The number of hydrogen-bond acceptors (Lipinski definition) is 4. The van der Waals surface area contributed by atoms with Gasteiger partial charge in [0, 0.05) is 36.8 Å². The minimum Gasteiger partial charge on any atom is -0.326 e. The van der Waals surface area contributed by atoms with Crippen LogP contribution in [0, 0.1) is 5.92 Å². The van der Waals surface area contributed by atoms with Gasteiger partial charge in [-0.2, -0.15) is 0 Å². The summed E-state index contributed by atoms with van der Waals surface area (Å²) in [6, 6.07) is 12.4. The Hall–Kier alpha value is -2.71. The Bertz CT molecular complexity index is 1090. The maximum atomic E-state index is 12.7. The number of benzene rings is 2. The van der Waals surface area contributed by atoms with Crippen molar-refractivity contribution in [2.45, 2.75) is 43.9 Å². The third-order valence-electron chi connectivity index (χ3n) is 5.74. The fourth-order valence-corrected chi connectivity index (χ4v) is 4.84. The second-order valence-electron chi connectivity index (χ2n) is 8.05. The number of rotatable bonds is 8. The lowest BCUT2D eigenvalue weighted by Gasteiger charge is -2.17. The van der Waals surface area contributed by atoms with E-state index in [9.17, 15) is 18.0 Å². The average molecular weight is 442 g/mol. The van der Waals surface area contributed by atoms with Crippen molar-refractivity contribution in [1.82, 2.24) is 4.72 Å². The van der Waals surface area contributed by atoms with Crippen LogP contribution in [0.15, 0.2) is 47.4 Å². The molecule has 164 valence electrons. The molecular formula is C23H27N3O4S. The van der Waals surface area contributed by atoms with Gasteiger partial charge in [-0.05, 0) is 67.1 Å². The third kappa shape index (κ3) is 4.97. The standard InChI is InChI=1S/C23H27N3O4S/c1-2-16-3-7-19(8-4-16)25-22(27)11-13-24-31(29,30)20-9-10-21-18(15-20)12-14-26(21)23(28)17-5-6-17/h3-4,7-10,15,17,24H,2,5-6,11-14H2,1H3,(H,25,27). The maximum Gasteiger partial charge on any atom is 0.240 e. The van der Waals surface area contributed by atoms with Gasteiger partial charge in [0.25, 0.3) is 0 Å². The summed E-state index contributed by atoms with van der Waals surface area (Å²) in [5.74, 6) is 0.0183. The molecule has 1 fully saturated rings. The lowest BCUT2D eigenvalue weighted by atomic mass is 10.1. The second kappa shape index (κ2) is 8.80. The van der Waals surface area contributed by atoms with Crippen LogP contribution >= 0.6 is 0 Å². The molecule has 4 rings (SSSR count). The number of amides is 2. The van der Waals surface area contributed by atoms with E-state index in [0.29, 0.717) is 18.7 Å². The summed E-state index contributed by atoms with van der Waals surface area (Å²) < 4.78 is 27.8. The van der Waals surface area contributed by atoms with Crippen LogP contribution in [0.3, 0.4) is 0 Å². The highest BCUT2D eigenvalue weighted by atomic mass is 32.2. The fraction of sp³-hybridized carbons (Fsp3) is 0.391. The van der Waals surface area contributed by atoms with Crippen molar-refractivity contribution in [3.63, 3.8) is 0 Å². The maximum absolute atomic E-state index is 12.7. The number of anilines is 2. The Labute approximate surface area is 182 Å². The average Bonchev–Trinajstić information content (AvgIpc) is 3.52. The number of hydrogen-bond donors (Lipinski definition) is 2. The molecule has 2 aromatic carbocycles. The van der Waals surface area contributed by atoms with Gasteiger partial charge in [0.15, 0.2) is 0 Å². The van der Waals surface area contributed by atoms with Gasteiger partial charge in [0.05, 0.1) is 4.90 Å².